The fourth-order valence-corrected chi connectivity index (χ4v) is 0. The van der Waals surface area contributed by atoms with Crippen molar-refractivity contribution in [3.8, 4) is 0 Å². The first kappa shape index (κ1) is 5.09. The van der Waals surface area contributed by atoms with Crippen molar-refractivity contribution in [2.75, 3.05) is 0 Å². The minimum atomic E-state index is -2.64. The average Bonchev–Trinajstić information content (AvgIpc) is 0.811. The van der Waals surface area contributed by atoms with Gasteiger partial charge in [-0.3, -0.25) is 0 Å². The van der Waals surface area contributed by atoms with Crippen LogP contribution < -0.4 is 0 Å². The fourth-order valence-electron chi connectivity index (χ4n) is 0. The standard InChI is InChI=1S/2ClH.O.Ti/h2*1H;;/q;;;+2/p-2. The zero-order chi connectivity index (χ0) is 3.58. The second kappa shape index (κ2) is 2.34. The predicted octanol–water partition coefficient (Wildman–Crippen LogP) is 1.26. The summed E-state index contributed by atoms with van der Waals surface area (Å²) in [7, 11) is 9.30. The number of hydrogen-bond donors (Lipinski definition) is 0. The Bertz CT molecular complexity index is 29.0. The van der Waals surface area contributed by atoms with Crippen LogP contribution in [-0.4, -0.2) is 0 Å². The minimum absolute atomic E-state index is 2.64. The molecule has 0 aliphatic heterocycles. The molecular weight excluding hydrogens is 135 g/mol. The van der Waals surface area contributed by atoms with Crippen molar-refractivity contribution in [1.82, 2.24) is 0 Å². The Morgan fingerprint density at radius 3 is 1.50 bits per heavy atom. The molecule has 0 bridgehead atoms. The van der Waals surface area contributed by atoms with E-state index < -0.39 is 15.7 Å². The molecule has 0 N–H and O–H groups in total. The molecule has 0 radical (unpaired) electrons. The van der Waals surface area contributed by atoms with Crippen molar-refractivity contribution in [3.63, 3.8) is 0 Å². The molecule has 0 saturated carbocycles. The molecule has 0 aromatic heterocycles. The first-order valence-electron chi connectivity index (χ1n) is 0.582. The Kier molecular flexibility index (Phi) is 2.98. The fraction of sp³-hybridized carbons (Fsp3) is 0. The zero-order valence-corrected chi connectivity index (χ0v) is 4.74. The van der Waals surface area contributed by atoms with E-state index in [1.165, 1.54) is 0 Å². The van der Waals surface area contributed by atoms with Gasteiger partial charge in [-0.25, -0.2) is 0 Å². The normalized spacial score (nSPS) is 6.50. The van der Waals surface area contributed by atoms with E-state index >= 15 is 0 Å². The third-order valence-corrected chi connectivity index (χ3v) is 0. The van der Waals surface area contributed by atoms with E-state index in [1.807, 2.05) is 0 Å². The van der Waals surface area contributed by atoms with E-state index in [2.05, 4.69) is 18.6 Å². The van der Waals surface area contributed by atoms with Gasteiger partial charge in [0.1, 0.15) is 0 Å². The summed E-state index contributed by atoms with van der Waals surface area (Å²) >= 11 is -2.64. The van der Waals surface area contributed by atoms with Crippen LogP contribution in [-0.2, 0) is 19.0 Å². The van der Waals surface area contributed by atoms with E-state index in [-0.39, 0.29) is 0 Å². The van der Waals surface area contributed by atoms with E-state index in [0.29, 0.717) is 0 Å². The van der Waals surface area contributed by atoms with E-state index in [9.17, 15) is 3.32 Å². The number of rotatable bonds is 0. The van der Waals surface area contributed by atoms with Crippen molar-refractivity contribution < 1.29 is 19.0 Å². The van der Waals surface area contributed by atoms with Gasteiger partial charge in [0.05, 0.1) is 0 Å². The molecule has 24 valence electrons. The van der Waals surface area contributed by atoms with Crippen molar-refractivity contribution in [2.45, 2.75) is 0 Å². The Morgan fingerprint density at radius 2 is 1.50 bits per heavy atom. The van der Waals surface area contributed by atoms with Gasteiger partial charge in [0.15, 0.2) is 0 Å². The molecule has 0 saturated heterocycles. The molecule has 0 atom stereocenters. The molecule has 0 aliphatic rings. The first-order chi connectivity index (χ1) is 1.73. The second-order valence-corrected chi connectivity index (χ2v) is 4.56. The molecule has 4 heavy (non-hydrogen) atoms. The average molecular weight is 135 g/mol. The molecule has 0 amide bonds. The summed E-state index contributed by atoms with van der Waals surface area (Å²) in [5.41, 5.74) is 0. The van der Waals surface area contributed by atoms with Gasteiger partial charge in [0, 0.05) is 0 Å². The van der Waals surface area contributed by atoms with E-state index in [0.717, 1.165) is 0 Å². The van der Waals surface area contributed by atoms with Crippen LogP contribution in [0.5, 0.6) is 0 Å². The summed E-state index contributed by atoms with van der Waals surface area (Å²) in [5, 5.41) is 0. The van der Waals surface area contributed by atoms with Gasteiger partial charge in [0.25, 0.3) is 0 Å². The molecule has 0 unspecified atom stereocenters. The third-order valence-electron chi connectivity index (χ3n) is 0. The van der Waals surface area contributed by atoms with Crippen LogP contribution in [0.15, 0.2) is 0 Å². The summed E-state index contributed by atoms with van der Waals surface area (Å²) in [5.74, 6) is 0. The van der Waals surface area contributed by atoms with Crippen LogP contribution in [0.1, 0.15) is 0 Å². The summed E-state index contributed by atoms with van der Waals surface area (Å²) in [6, 6.07) is 0. The maximum absolute atomic E-state index is 9.23. The third kappa shape index (κ3) is 11.3. The van der Waals surface area contributed by atoms with Crippen molar-refractivity contribution in [3.05, 3.63) is 0 Å². The van der Waals surface area contributed by atoms with Crippen molar-refractivity contribution in [2.24, 2.45) is 0 Å². The number of halogens is 2. The van der Waals surface area contributed by atoms with Crippen LogP contribution >= 0.6 is 18.6 Å². The molecule has 1 nitrogen and oxygen atoms in total. The Balaban J connectivity index is 2.80. The monoisotopic (exact) mass is 134 g/mol. The van der Waals surface area contributed by atoms with Crippen LogP contribution in [0.3, 0.4) is 0 Å². The van der Waals surface area contributed by atoms with Crippen LogP contribution in [0.25, 0.3) is 0 Å². The van der Waals surface area contributed by atoms with Gasteiger partial charge in [-0.15, -0.1) is 0 Å². The summed E-state index contributed by atoms with van der Waals surface area (Å²) < 4.78 is 9.23. The summed E-state index contributed by atoms with van der Waals surface area (Å²) in [6.45, 7) is 0. The van der Waals surface area contributed by atoms with Crippen LogP contribution in [0, 0.1) is 0 Å². The molecule has 0 spiro atoms. The van der Waals surface area contributed by atoms with E-state index in [1.54, 1.807) is 0 Å². The Morgan fingerprint density at radius 1 is 1.50 bits per heavy atom. The first-order valence-corrected chi connectivity index (χ1v) is 5.52. The molecule has 0 heterocycles. The molecule has 0 rings (SSSR count). The Hall–Kier alpha value is 1.09. The van der Waals surface area contributed by atoms with Gasteiger partial charge >= 0.3 is 37.7 Å². The summed E-state index contributed by atoms with van der Waals surface area (Å²) in [4.78, 5) is 0. The number of hydrogen-bond acceptors (Lipinski definition) is 1. The van der Waals surface area contributed by atoms with Crippen LogP contribution in [0.4, 0.5) is 0 Å². The van der Waals surface area contributed by atoms with E-state index in [4.69, 9.17) is 0 Å². The quantitative estimate of drug-likeness (QED) is 0.456. The van der Waals surface area contributed by atoms with Crippen molar-refractivity contribution in [1.29, 1.82) is 0 Å². The summed E-state index contributed by atoms with van der Waals surface area (Å²) in [6.07, 6.45) is 0. The molecule has 0 aromatic carbocycles. The van der Waals surface area contributed by atoms with Gasteiger partial charge in [-0.05, 0) is 0 Å². The van der Waals surface area contributed by atoms with Gasteiger partial charge in [-0.2, -0.15) is 0 Å². The van der Waals surface area contributed by atoms with Crippen molar-refractivity contribution >= 4 is 18.6 Å². The molecule has 0 aromatic rings. The zero-order valence-electron chi connectivity index (χ0n) is 1.66. The van der Waals surface area contributed by atoms with Gasteiger partial charge < -0.3 is 0 Å². The molecule has 0 fully saturated rings. The molecule has 4 heteroatoms. The Labute approximate surface area is 37.8 Å². The van der Waals surface area contributed by atoms with Gasteiger partial charge in [-0.1, -0.05) is 0 Å². The molecule has 0 aliphatic carbocycles. The SMILES string of the molecule is [O]=[Ti]([Cl])[Cl]. The van der Waals surface area contributed by atoms with Crippen LogP contribution in [0.2, 0.25) is 0 Å². The predicted molar refractivity (Wildman–Crippen MR) is 12.4 cm³/mol. The molecular formula is Cl2OTi. The second-order valence-electron chi connectivity index (χ2n) is 0.226. The topological polar surface area (TPSA) is 17.1 Å². The maximum atomic E-state index is 9.23. The van der Waals surface area contributed by atoms with Gasteiger partial charge in [0.2, 0.25) is 0 Å².